The summed E-state index contributed by atoms with van der Waals surface area (Å²) in [6.07, 6.45) is 2.26. The van der Waals surface area contributed by atoms with Crippen LogP contribution in [-0.4, -0.2) is 64.6 Å². The average Bonchev–Trinajstić information content (AvgIpc) is 3.06. The van der Waals surface area contributed by atoms with Crippen molar-refractivity contribution in [1.29, 1.82) is 0 Å². The number of amides is 1. The molecule has 1 N–H and O–H groups in total. The Bertz CT molecular complexity index is 850. The van der Waals surface area contributed by atoms with Crippen LogP contribution in [0.15, 0.2) is 36.5 Å². The minimum absolute atomic E-state index is 0.0924. The molecule has 6 nitrogen and oxygen atoms in total. The number of likely N-dealkylation sites (tertiary alicyclic amines) is 1. The van der Waals surface area contributed by atoms with Gasteiger partial charge in [0.2, 0.25) is 5.91 Å². The van der Waals surface area contributed by atoms with Gasteiger partial charge in [0.05, 0.1) is 12.2 Å². The van der Waals surface area contributed by atoms with Gasteiger partial charge in [-0.25, -0.2) is 9.37 Å². The Hall–Kier alpha value is -2.67. The number of halogens is 1. The van der Waals surface area contributed by atoms with E-state index < -0.39 is 0 Å². The van der Waals surface area contributed by atoms with E-state index in [0.717, 1.165) is 44.0 Å². The van der Waals surface area contributed by atoms with E-state index in [-0.39, 0.29) is 23.5 Å². The topological polar surface area (TPSA) is 59.9 Å². The van der Waals surface area contributed by atoms with E-state index >= 15 is 0 Å². The van der Waals surface area contributed by atoms with Crippen LogP contribution in [0.2, 0.25) is 0 Å². The third-order valence-corrected chi connectivity index (χ3v) is 5.69. The van der Waals surface area contributed by atoms with Gasteiger partial charge >= 0.3 is 0 Å². The summed E-state index contributed by atoms with van der Waals surface area (Å²) in [5.41, 5.74) is 1.45. The van der Waals surface area contributed by atoms with Gasteiger partial charge < -0.3 is 14.9 Å². The Labute approximate surface area is 164 Å². The number of carbonyl (C=O) groups is 1. The van der Waals surface area contributed by atoms with Gasteiger partial charge in [-0.1, -0.05) is 12.1 Å². The van der Waals surface area contributed by atoms with Gasteiger partial charge in [-0.15, -0.1) is 0 Å². The molecule has 2 aliphatic rings. The van der Waals surface area contributed by atoms with E-state index in [0.29, 0.717) is 18.7 Å². The first-order valence-electron chi connectivity index (χ1n) is 9.69. The van der Waals surface area contributed by atoms with Gasteiger partial charge in [-0.05, 0) is 42.7 Å². The van der Waals surface area contributed by atoms with Crippen LogP contribution in [0.5, 0.6) is 5.75 Å². The molecule has 0 radical (unpaired) electrons. The number of nitrogens with zero attached hydrogens (tertiary/aromatic N) is 4. The van der Waals surface area contributed by atoms with Crippen molar-refractivity contribution in [3.05, 3.63) is 53.5 Å². The van der Waals surface area contributed by atoms with Crippen LogP contribution < -0.4 is 4.90 Å². The molecule has 2 aromatic rings. The Kier molecular flexibility index (Phi) is 5.17. The standard InChI is InChI=1S/C21H25FN4O2/c1-15-2-3-16(12-18(15)22)14-26-7-6-19(21(26)28)24-8-10-25(11-9-24)20-5-4-17(27)13-23-20/h2-5,12-13,19,27H,6-11,14H2,1H3. The summed E-state index contributed by atoms with van der Waals surface area (Å²) in [5.74, 6) is 0.919. The number of piperazine rings is 1. The molecule has 7 heteroatoms. The van der Waals surface area contributed by atoms with Gasteiger partial charge in [0.1, 0.15) is 17.4 Å². The lowest BCUT2D eigenvalue weighted by molar-refractivity contribution is -0.132. The molecular formula is C21H25FN4O2. The molecular weight excluding hydrogens is 359 g/mol. The SMILES string of the molecule is Cc1ccc(CN2CCC(N3CCN(c4ccc(O)cn4)CC3)C2=O)cc1F. The molecule has 2 saturated heterocycles. The maximum absolute atomic E-state index is 13.8. The molecule has 28 heavy (non-hydrogen) atoms. The van der Waals surface area contributed by atoms with Gasteiger partial charge in [0.25, 0.3) is 0 Å². The van der Waals surface area contributed by atoms with Crippen molar-refractivity contribution in [2.24, 2.45) is 0 Å². The molecule has 1 amide bonds. The first-order valence-corrected chi connectivity index (χ1v) is 9.69. The third kappa shape index (κ3) is 3.80. The Balaban J connectivity index is 1.34. The monoisotopic (exact) mass is 384 g/mol. The van der Waals surface area contributed by atoms with Crippen LogP contribution in [0.3, 0.4) is 0 Å². The van der Waals surface area contributed by atoms with Crippen molar-refractivity contribution in [3.63, 3.8) is 0 Å². The highest BCUT2D eigenvalue weighted by atomic mass is 19.1. The molecule has 3 heterocycles. The lowest BCUT2D eigenvalue weighted by Gasteiger charge is -2.37. The lowest BCUT2D eigenvalue weighted by Crippen LogP contribution is -2.52. The van der Waals surface area contributed by atoms with Crippen molar-refractivity contribution >= 4 is 11.7 Å². The molecule has 0 spiro atoms. The second-order valence-corrected chi connectivity index (χ2v) is 7.55. The van der Waals surface area contributed by atoms with Crippen molar-refractivity contribution < 1.29 is 14.3 Å². The molecule has 4 rings (SSSR count). The van der Waals surface area contributed by atoms with Gasteiger partial charge in [0.15, 0.2) is 0 Å². The molecule has 1 unspecified atom stereocenters. The summed E-state index contributed by atoms with van der Waals surface area (Å²) in [5, 5.41) is 9.38. The normalized spacial score (nSPS) is 20.8. The van der Waals surface area contributed by atoms with Crippen LogP contribution in [-0.2, 0) is 11.3 Å². The smallest absolute Gasteiger partial charge is 0.240 e. The van der Waals surface area contributed by atoms with Gasteiger partial charge in [-0.3, -0.25) is 9.69 Å². The molecule has 148 valence electrons. The molecule has 2 aliphatic heterocycles. The van der Waals surface area contributed by atoms with E-state index in [1.165, 1.54) is 12.3 Å². The number of aryl methyl sites for hydroxylation is 1. The summed E-state index contributed by atoms with van der Waals surface area (Å²) in [7, 11) is 0. The van der Waals surface area contributed by atoms with Crippen molar-refractivity contribution in [1.82, 2.24) is 14.8 Å². The van der Waals surface area contributed by atoms with Crippen LogP contribution in [0, 0.1) is 12.7 Å². The zero-order valence-electron chi connectivity index (χ0n) is 16.0. The van der Waals surface area contributed by atoms with E-state index in [9.17, 15) is 14.3 Å². The van der Waals surface area contributed by atoms with Gasteiger partial charge in [-0.2, -0.15) is 0 Å². The summed E-state index contributed by atoms with van der Waals surface area (Å²) in [4.78, 5) is 23.4. The molecule has 0 bridgehead atoms. The number of aromatic hydroxyl groups is 1. The van der Waals surface area contributed by atoms with E-state index in [1.807, 2.05) is 17.0 Å². The fourth-order valence-electron chi connectivity index (χ4n) is 4.00. The van der Waals surface area contributed by atoms with E-state index in [1.54, 1.807) is 19.1 Å². The number of hydrogen-bond donors (Lipinski definition) is 1. The number of anilines is 1. The highest BCUT2D eigenvalue weighted by molar-refractivity contribution is 5.84. The summed E-state index contributed by atoms with van der Waals surface area (Å²) >= 11 is 0. The fraction of sp³-hybridized carbons (Fsp3) is 0.429. The maximum atomic E-state index is 13.8. The zero-order valence-corrected chi connectivity index (χ0v) is 16.0. The number of benzene rings is 1. The number of hydrogen-bond acceptors (Lipinski definition) is 5. The van der Waals surface area contributed by atoms with Crippen molar-refractivity contribution in [3.8, 4) is 5.75 Å². The molecule has 2 fully saturated rings. The van der Waals surface area contributed by atoms with Crippen LogP contribution >= 0.6 is 0 Å². The largest absolute Gasteiger partial charge is 0.506 e. The fourth-order valence-corrected chi connectivity index (χ4v) is 4.00. The first kappa shape index (κ1) is 18.7. The first-order chi connectivity index (χ1) is 13.5. The Morgan fingerprint density at radius 1 is 1.14 bits per heavy atom. The number of pyridine rings is 1. The predicted octanol–water partition coefficient (Wildman–Crippen LogP) is 2.16. The quantitative estimate of drug-likeness (QED) is 0.875. The zero-order chi connectivity index (χ0) is 19.7. The van der Waals surface area contributed by atoms with Crippen LogP contribution in [0.1, 0.15) is 17.5 Å². The van der Waals surface area contributed by atoms with Crippen molar-refractivity contribution in [2.45, 2.75) is 25.9 Å². The summed E-state index contributed by atoms with van der Waals surface area (Å²) < 4.78 is 13.8. The second-order valence-electron chi connectivity index (χ2n) is 7.55. The summed E-state index contributed by atoms with van der Waals surface area (Å²) in [6, 6.07) is 8.54. The Morgan fingerprint density at radius 2 is 1.93 bits per heavy atom. The third-order valence-electron chi connectivity index (χ3n) is 5.69. The molecule has 0 aliphatic carbocycles. The van der Waals surface area contributed by atoms with E-state index in [2.05, 4.69) is 14.8 Å². The number of aromatic nitrogens is 1. The predicted molar refractivity (Wildman–Crippen MR) is 105 cm³/mol. The van der Waals surface area contributed by atoms with Crippen molar-refractivity contribution in [2.75, 3.05) is 37.6 Å². The Morgan fingerprint density at radius 3 is 2.61 bits per heavy atom. The second kappa shape index (κ2) is 7.75. The highest BCUT2D eigenvalue weighted by Crippen LogP contribution is 2.23. The minimum Gasteiger partial charge on any atom is -0.506 e. The molecule has 1 aromatic heterocycles. The lowest BCUT2D eigenvalue weighted by atomic mass is 10.1. The van der Waals surface area contributed by atoms with Crippen LogP contribution in [0.25, 0.3) is 0 Å². The number of rotatable bonds is 4. The summed E-state index contributed by atoms with van der Waals surface area (Å²) in [6.45, 7) is 6.10. The minimum atomic E-state index is -0.223. The average molecular weight is 384 g/mol. The highest BCUT2D eigenvalue weighted by Gasteiger charge is 2.37. The molecule has 0 saturated carbocycles. The molecule has 1 atom stereocenters. The van der Waals surface area contributed by atoms with Gasteiger partial charge in [0, 0.05) is 39.3 Å². The van der Waals surface area contributed by atoms with E-state index in [4.69, 9.17) is 0 Å². The number of carbonyl (C=O) groups excluding carboxylic acids is 1. The van der Waals surface area contributed by atoms with Crippen LogP contribution in [0.4, 0.5) is 10.2 Å². The molecule has 1 aromatic carbocycles. The maximum Gasteiger partial charge on any atom is 0.240 e.